The predicted molar refractivity (Wildman–Crippen MR) is 69.8 cm³/mol. The van der Waals surface area contributed by atoms with Crippen molar-refractivity contribution in [3.8, 4) is 0 Å². The van der Waals surface area contributed by atoms with Crippen molar-refractivity contribution in [3.05, 3.63) is 35.6 Å². The van der Waals surface area contributed by atoms with Crippen LogP contribution in [0.4, 0.5) is 4.39 Å². The molecule has 4 heteroatoms. The molecule has 2 rings (SSSR count). The van der Waals surface area contributed by atoms with Gasteiger partial charge in [0.1, 0.15) is 5.82 Å². The summed E-state index contributed by atoms with van der Waals surface area (Å²) in [5.41, 5.74) is 7.14. The number of ether oxygens (including phenoxy) is 1. The van der Waals surface area contributed by atoms with E-state index in [-0.39, 0.29) is 11.9 Å². The quantitative estimate of drug-likeness (QED) is 0.890. The maximum absolute atomic E-state index is 12.8. The molecule has 0 radical (unpaired) electrons. The van der Waals surface area contributed by atoms with E-state index in [2.05, 4.69) is 4.90 Å². The van der Waals surface area contributed by atoms with Crippen molar-refractivity contribution in [2.75, 3.05) is 26.7 Å². The van der Waals surface area contributed by atoms with Gasteiger partial charge in [-0.3, -0.25) is 0 Å². The molecule has 1 aliphatic heterocycles. The molecule has 1 aromatic rings. The van der Waals surface area contributed by atoms with E-state index < -0.39 is 0 Å². The first-order valence-corrected chi connectivity index (χ1v) is 6.45. The summed E-state index contributed by atoms with van der Waals surface area (Å²) < 4.78 is 18.2. The van der Waals surface area contributed by atoms with Crippen LogP contribution < -0.4 is 5.73 Å². The SMILES string of the molecule is COC1CCN(CC(N)c2ccc(F)cc2)CC1. The summed E-state index contributed by atoms with van der Waals surface area (Å²) in [6, 6.07) is 6.41. The Morgan fingerprint density at radius 3 is 2.50 bits per heavy atom. The summed E-state index contributed by atoms with van der Waals surface area (Å²) in [5, 5.41) is 0. The van der Waals surface area contributed by atoms with Crippen LogP contribution in [0.25, 0.3) is 0 Å². The fraction of sp³-hybridized carbons (Fsp3) is 0.571. The number of methoxy groups -OCH3 is 1. The van der Waals surface area contributed by atoms with Gasteiger partial charge in [-0.05, 0) is 30.5 Å². The van der Waals surface area contributed by atoms with Crippen molar-refractivity contribution in [2.24, 2.45) is 5.73 Å². The molecule has 0 aliphatic carbocycles. The van der Waals surface area contributed by atoms with E-state index in [1.54, 1.807) is 19.2 Å². The van der Waals surface area contributed by atoms with Crippen LogP contribution in [-0.4, -0.2) is 37.7 Å². The normalized spacial score (nSPS) is 19.9. The molecular formula is C14H21FN2O. The number of benzene rings is 1. The molecule has 0 amide bonds. The standard InChI is InChI=1S/C14H21FN2O/c1-18-13-6-8-17(9-7-13)10-14(16)11-2-4-12(15)5-3-11/h2-5,13-14H,6-10,16H2,1H3. The van der Waals surface area contributed by atoms with Crippen molar-refractivity contribution in [1.29, 1.82) is 0 Å². The van der Waals surface area contributed by atoms with Crippen LogP contribution in [0, 0.1) is 5.82 Å². The first-order chi connectivity index (χ1) is 8.69. The number of rotatable bonds is 4. The van der Waals surface area contributed by atoms with Gasteiger partial charge in [-0.15, -0.1) is 0 Å². The molecule has 0 aromatic heterocycles. The predicted octanol–water partition coefficient (Wildman–Crippen LogP) is 1.94. The Bertz CT molecular complexity index is 361. The molecule has 1 fully saturated rings. The van der Waals surface area contributed by atoms with Crippen LogP contribution in [0.2, 0.25) is 0 Å². The van der Waals surface area contributed by atoms with Crippen LogP contribution in [0.3, 0.4) is 0 Å². The second-order valence-electron chi connectivity index (χ2n) is 4.89. The van der Waals surface area contributed by atoms with Gasteiger partial charge in [-0.2, -0.15) is 0 Å². The van der Waals surface area contributed by atoms with Crippen molar-refractivity contribution >= 4 is 0 Å². The van der Waals surface area contributed by atoms with E-state index in [1.807, 2.05) is 0 Å². The Hall–Kier alpha value is -0.970. The Morgan fingerprint density at radius 1 is 1.33 bits per heavy atom. The van der Waals surface area contributed by atoms with Gasteiger partial charge in [0.05, 0.1) is 6.10 Å². The lowest BCUT2D eigenvalue weighted by atomic mass is 10.0. The maximum atomic E-state index is 12.8. The first-order valence-electron chi connectivity index (χ1n) is 6.45. The second-order valence-corrected chi connectivity index (χ2v) is 4.89. The van der Waals surface area contributed by atoms with Gasteiger partial charge in [-0.25, -0.2) is 4.39 Å². The molecule has 0 saturated carbocycles. The molecule has 0 bridgehead atoms. The summed E-state index contributed by atoms with van der Waals surface area (Å²) >= 11 is 0. The Kier molecular flexibility index (Phi) is 4.69. The van der Waals surface area contributed by atoms with Crippen molar-refractivity contribution in [3.63, 3.8) is 0 Å². The lowest BCUT2D eigenvalue weighted by Crippen LogP contribution is -2.40. The average Bonchev–Trinajstić information content (AvgIpc) is 2.40. The number of nitrogens with zero attached hydrogens (tertiary/aromatic N) is 1. The van der Waals surface area contributed by atoms with Gasteiger partial charge >= 0.3 is 0 Å². The van der Waals surface area contributed by atoms with E-state index in [1.165, 1.54) is 12.1 Å². The zero-order valence-corrected chi connectivity index (χ0v) is 10.8. The van der Waals surface area contributed by atoms with Gasteiger partial charge in [0, 0.05) is 32.8 Å². The smallest absolute Gasteiger partial charge is 0.123 e. The lowest BCUT2D eigenvalue weighted by molar-refractivity contribution is 0.0395. The fourth-order valence-electron chi connectivity index (χ4n) is 2.42. The maximum Gasteiger partial charge on any atom is 0.123 e. The van der Waals surface area contributed by atoms with E-state index in [4.69, 9.17) is 10.5 Å². The Morgan fingerprint density at radius 2 is 1.94 bits per heavy atom. The van der Waals surface area contributed by atoms with Gasteiger partial charge in [0.2, 0.25) is 0 Å². The third-order valence-corrected chi connectivity index (χ3v) is 3.62. The molecule has 3 nitrogen and oxygen atoms in total. The van der Waals surface area contributed by atoms with Gasteiger partial charge in [-0.1, -0.05) is 12.1 Å². The molecule has 2 N–H and O–H groups in total. The highest BCUT2D eigenvalue weighted by Crippen LogP contribution is 2.17. The Labute approximate surface area is 108 Å². The van der Waals surface area contributed by atoms with Crippen LogP contribution in [-0.2, 0) is 4.74 Å². The number of piperidine rings is 1. The first kappa shape index (κ1) is 13.5. The van der Waals surface area contributed by atoms with Crippen LogP contribution in [0.5, 0.6) is 0 Å². The molecule has 0 spiro atoms. The average molecular weight is 252 g/mol. The van der Waals surface area contributed by atoms with Crippen LogP contribution >= 0.6 is 0 Å². The molecule has 1 atom stereocenters. The third-order valence-electron chi connectivity index (χ3n) is 3.62. The van der Waals surface area contributed by atoms with Crippen molar-refractivity contribution < 1.29 is 9.13 Å². The van der Waals surface area contributed by atoms with Crippen LogP contribution in [0.15, 0.2) is 24.3 Å². The molecule has 1 heterocycles. The summed E-state index contributed by atoms with van der Waals surface area (Å²) in [6.07, 6.45) is 2.52. The summed E-state index contributed by atoms with van der Waals surface area (Å²) in [7, 11) is 1.77. The number of halogens is 1. The fourth-order valence-corrected chi connectivity index (χ4v) is 2.42. The van der Waals surface area contributed by atoms with E-state index in [0.29, 0.717) is 6.10 Å². The van der Waals surface area contributed by atoms with Crippen molar-refractivity contribution in [2.45, 2.75) is 25.0 Å². The number of nitrogens with two attached hydrogens (primary N) is 1. The highest BCUT2D eigenvalue weighted by atomic mass is 19.1. The summed E-state index contributed by atoms with van der Waals surface area (Å²) in [6.45, 7) is 2.86. The zero-order chi connectivity index (χ0) is 13.0. The monoisotopic (exact) mass is 252 g/mol. The van der Waals surface area contributed by atoms with Crippen molar-refractivity contribution in [1.82, 2.24) is 4.90 Å². The minimum Gasteiger partial charge on any atom is -0.381 e. The van der Waals surface area contributed by atoms with E-state index in [0.717, 1.165) is 38.0 Å². The minimum atomic E-state index is -0.216. The molecule has 18 heavy (non-hydrogen) atoms. The molecule has 1 unspecified atom stereocenters. The topological polar surface area (TPSA) is 38.5 Å². The van der Waals surface area contributed by atoms with Gasteiger partial charge in [0.15, 0.2) is 0 Å². The highest BCUT2D eigenvalue weighted by Gasteiger charge is 2.20. The minimum absolute atomic E-state index is 0.0512. The molecular weight excluding hydrogens is 231 g/mol. The third kappa shape index (κ3) is 3.51. The Balaban J connectivity index is 1.84. The molecule has 1 aliphatic rings. The van der Waals surface area contributed by atoms with Gasteiger partial charge in [0.25, 0.3) is 0 Å². The zero-order valence-electron chi connectivity index (χ0n) is 10.8. The number of hydrogen-bond donors (Lipinski definition) is 1. The van der Waals surface area contributed by atoms with E-state index >= 15 is 0 Å². The molecule has 1 saturated heterocycles. The van der Waals surface area contributed by atoms with E-state index in [9.17, 15) is 4.39 Å². The number of likely N-dealkylation sites (tertiary alicyclic amines) is 1. The molecule has 100 valence electrons. The lowest BCUT2D eigenvalue weighted by Gasteiger charge is -2.32. The van der Waals surface area contributed by atoms with Gasteiger partial charge < -0.3 is 15.4 Å². The van der Waals surface area contributed by atoms with Crippen LogP contribution in [0.1, 0.15) is 24.4 Å². The second kappa shape index (κ2) is 6.27. The largest absolute Gasteiger partial charge is 0.381 e. The highest BCUT2D eigenvalue weighted by molar-refractivity contribution is 5.19. The number of hydrogen-bond acceptors (Lipinski definition) is 3. The molecule has 1 aromatic carbocycles. The summed E-state index contributed by atoms with van der Waals surface area (Å²) in [4.78, 5) is 2.35. The summed E-state index contributed by atoms with van der Waals surface area (Å²) in [5.74, 6) is -0.216.